The van der Waals surface area contributed by atoms with E-state index < -0.39 is 0 Å². The van der Waals surface area contributed by atoms with Gasteiger partial charge in [0.15, 0.2) is 0 Å². The van der Waals surface area contributed by atoms with Crippen molar-refractivity contribution in [3.05, 3.63) is 6.07 Å². The van der Waals surface area contributed by atoms with Crippen LogP contribution in [0.15, 0.2) is 6.07 Å². The largest absolute Gasteiger partial charge is 0.474 e. The van der Waals surface area contributed by atoms with Gasteiger partial charge in [-0.2, -0.15) is 9.97 Å². The summed E-state index contributed by atoms with van der Waals surface area (Å²) >= 11 is 0. The van der Waals surface area contributed by atoms with E-state index in [9.17, 15) is 0 Å². The van der Waals surface area contributed by atoms with Gasteiger partial charge in [-0.1, -0.05) is 13.8 Å². The minimum Gasteiger partial charge on any atom is -0.474 e. The highest BCUT2D eigenvalue weighted by atomic mass is 16.5. The third-order valence-corrected chi connectivity index (χ3v) is 3.44. The Labute approximate surface area is 107 Å². The second-order valence-electron chi connectivity index (χ2n) is 5.58. The molecule has 0 aliphatic heterocycles. The van der Waals surface area contributed by atoms with Gasteiger partial charge in [0, 0.05) is 6.07 Å². The fourth-order valence-corrected chi connectivity index (χ4v) is 2.24. The van der Waals surface area contributed by atoms with Gasteiger partial charge in [0.05, 0.1) is 0 Å². The van der Waals surface area contributed by atoms with Gasteiger partial charge in [-0.15, -0.1) is 0 Å². The number of nitrogen functional groups attached to an aromatic ring is 2. The summed E-state index contributed by atoms with van der Waals surface area (Å²) in [6.07, 6.45) is 4.63. The van der Waals surface area contributed by atoms with Crippen LogP contribution in [0, 0.1) is 5.41 Å². The summed E-state index contributed by atoms with van der Waals surface area (Å²) in [5.41, 5.74) is 8.46. The number of nitrogens with one attached hydrogen (secondary N) is 1. The van der Waals surface area contributed by atoms with Crippen molar-refractivity contribution in [1.82, 2.24) is 9.97 Å². The van der Waals surface area contributed by atoms with Crippen LogP contribution in [0.4, 0.5) is 11.8 Å². The molecule has 5 N–H and O–H groups in total. The summed E-state index contributed by atoms with van der Waals surface area (Å²) in [5.74, 6) is 6.42. The molecule has 1 aromatic heterocycles. The maximum atomic E-state index is 5.85. The van der Waals surface area contributed by atoms with Crippen LogP contribution in [0.3, 0.4) is 0 Å². The fourth-order valence-electron chi connectivity index (χ4n) is 2.24. The van der Waals surface area contributed by atoms with Gasteiger partial charge in [-0.3, -0.25) is 0 Å². The Kier molecular flexibility index (Phi) is 3.56. The lowest BCUT2D eigenvalue weighted by molar-refractivity contribution is 0.0950. The first-order valence-corrected chi connectivity index (χ1v) is 6.26. The molecule has 100 valence electrons. The third kappa shape index (κ3) is 3.22. The molecule has 18 heavy (non-hydrogen) atoms. The predicted molar refractivity (Wildman–Crippen MR) is 70.9 cm³/mol. The zero-order valence-electron chi connectivity index (χ0n) is 10.9. The number of anilines is 2. The van der Waals surface area contributed by atoms with Gasteiger partial charge in [0.1, 0.15) is 11.9 Å². The minimum absolute atomic E-state index is 0.164. The van der Waals surface area contributed by atoms with Crippen molar-refractivity contribution < 1.29 is 4.74 Å². The van der Waals surface area contributed by atoms with Crippen molar-refractivity contribution in [1.29, 1.82) is 0 Å². The van der Waals surface area contributed by atoms with E-state index in [-0.39, 0.29) is 12.1 Å². The van der Waals surface area contributed by atoms with E-state index in [1.54, 1.807) is 6.07 Å². The zero-order chi connectivity index (χ0) is 13.2. The standard InChI is InChI=1S/C12H21N5O/c1-12(2)5-3-8(4-6-12)18-10-7-9(17-14)15-11(13)16-10/h7-8H,3-6,14H2,1-2H3,(H3,13,15,16,17). The second-order valence-corrected chi connectivity index (χ2v) is 5.58. The highest BCUT2D eigenvalue weighted by Gasteiger charge is 2.28. The van der Waals surface area contributed by atoms with Crippen LogP contribution in [-0.2, 0) is 0 Å². The van der Waals surface area contributed by atoms with E-state index in [4.69, 9.17) is 16.3 Å². The van der Waals surface area contributed by atoms with Crippen LogP contribution >= 0.6 is 0 Å². The Morgan fingerprint density at radius 1 is 1.33 bits per heavy atom. The smallest absolute Gasteiger partial charge is 0.225 e. The van der Waals surface area contributed by atoms with Crippen molar-refractivity contribution in [2.45, 2.75) is 45.6 Å². The summed E-state index contributed by atoms with van der Waals surface area (Å²) in [7, 11) is 0. The zero-order valence-corrected chi connectivity index (χ0v) is 10.9. The molecule has 0 aromatic carbocycles. The average Bonchev–Trinajstić information content (AvgIpc) is 2.31. The lowest BCUT2D eigenvalue weighted by atomic mass is 9.76. The molecule has 1 aromatic rings. The molecule has 0 spiro atoms. The number of nitrogens with two attached hydrogens (primary N) is 2. The Bertz CT molecular complexity index is 411. The van der Waals surface area contributed by atoms with E-state index in [0.717, 1.165) is 12.8 Å². The van der Waals surface area contributed by atoms with Crippen LogP contribution < -0.4 is 21.7 Å². The molecule has 2 rings (SSSR count). The minimum atomic E-state index is 0.164. The van der Waals surface area contributed by atoms with Gasteiger partial charge in [0.25, 0.3) is 0 Å². The molecule has 0 amide bonds. The van der Waals surface area contributed by atoms with Crippen molar-refractivity contribution in [2.75, 3.05) is 11.2 Å². The molecule has 0 radical (unpaired) electrons. The maximum Gasteiger partial charge on any atom is 0.225 e. The number of ether oxygens (including phenoxy) is 1. The monoisotopic (exact) mass is 251 g/mol. The first-order valence-electron chi connectivity index (χ1n) is 6.26. The van der Waals surface area contributed by atoms with E-state index in [1.165, 1.54) is 12.8 Å². The summed E-state index contributed by atoms with van der Waals surface area (Å²) in [6.45, 7) is 4.59. The van der Waals surface area contributed by atoms with Crippen molar-refractivity contribution in [3.8, 4) is 5.88 Å². The summed E-state index contributed by atoms with van der Waals surface area (Å²) in [6, 6.07) is 1.66. The van der Waals surface area contributed by atoms with Crippen molar-refractivity contribution >= 4 is 11.8 Å². The summed E-state index contributed by atoms with van der Waals surface area (Å²) in [5, 5.41) is 0. The Hall–Kier alpha value is -1.56. The molecular weight excluding hydrogens is 230 g/mol. The van der Waals surface area contributed by atoms with Crippen LogP contribution in [0.1, 0.15) is 39.5 Å². The van der Waals surface area contributed by atoms with Gasteiger partial charge >= 0.3 is 0 Å². The molecule has 6 nitrogen and oxygen atoms in total. The Morgan fingerprint density at radius 2 is 2.00 bits per heavy atom. The first-order chi connectivity index (χ1) is 8.48. The van der Waals surface area contributed by atoms with E-state index in [0.29, 0.717) is 17.1 Å². The number of hydrazine groups is 1. The molecule has 0 bridgehead atoms. The topological polar surface area (TPSA) is 99.1 Å². The second kappa shape index (κ2) is 4.97. The molecule has 1 fully saturated rings. The van der Waals surface area contributed by atoms with Crippen LogP contribution in [0.2, 0.25) is 0 Å². The number of hydrogen-bond acceptors (Lipinski definition) is 6. The molecule has 1 aliphatic carbocycles. The lowest BCUT2D eigenvalue weighted by Gasteiger charge is -2.34. The molecule has 1 saturated carbocycles. The molecule has 1 heterocycles. The fraction of sp³-hybridized carbons (Fsp3) is 0.667. The van der Waals surface area contributed by atoms with Crippen LogP contribution in [-0.4, -0.2) is 16.1 Å². The third-order valence-electron chi connectivity index (χ3n) is 3.44. The normalized spacial score (nSPS) is 19.5. The summed E-state index contributed by atoms with van der Waals surface area (Å²) < 4.78 is 5.85. The van der Waals surface area contributed by atoms with Crippen LogP contribution in [0.25, 0.3) is 0 Å². The highest BCUT2D eigenvalue weighted by molar-refractivity contribution is 5.41. The first kappa shape index (κ1) is 12.9. The van der Waals surface area contributed by atoms with E-state index >= 15 is 0 Å². The van der Waals surface area contributed by atoms with E-state index in [2.05, 4.69) is 29.2 Å². The molecule has 0 saturated heterocycles. The Balaban J connectivity index is 2.00. The predicted octanol–water partition coefficient (Wildman–Crippen LogP) is 1.69. The number of hydrogen-bond donors (Lipinski definition) is 3. The molecule has 6 heteroatoms. The summed E-state index contributed by atoms with van der Waals surface area (Å²) in [4.78, 5) is 7.98. The van der Waals surface area contributed by atoms with Gasteiger partial charge < -0.3 is 15.9 Å². The molecule has 0 unspecified atom stereocenters. The average molecular weight is 251 g/mol. The highest BCUT2D eigenvalue weighted by Crippen LogP contribution is 2.36. The quantitative estimate of drug-likeness (QED) is 0.558. The lowest BCUT2D eigenvalue weighted by Crippen LogP contribution is -2.28. The maximum absolute atomic E-state index is 5.85. The molecular formula is C12H21N5O. The van der Waals surface area contributed by atoms with E-state index in [1.807, 2.05) is 0 Å². The Morgan fingerprint density at radius 3 is 2.61 bits per heavy atom. The number of aromatic nitrogens is 2. The van der Waals surface area contributed by atoms with Gasteiger partial charge in [-0.25, -0.2) is 5.84 Å². The van der Waals surface area contributed by atoms with Crippen molar-refractivity contribution in [2.24, 2.45) is 11.3 Å². The number of rotatable bonds is 3. The SMILES string of the molecule is CC1(C)CCC(Oc2cc(NN)nc(N)n2)CC1. The van der Waals surface area contributed by atoms with Gasteiger partial charge in [-0.05, 0) is 31.1 Å². The molecule has 1 aliphatic rings. The molecule has 0 atom stereocenters. The number of nitrogens with zero attached hydrogens (tertiary/aromatic N) is 2. The van der Waals surface area contributed by atoms with Gasteiger partial charge in [0.2, 0.25) is 11.8 Å². The van der Waals surface area contributed by atoms with Crippen molar-refractivity contribution in [3.63, 3.8) is 0 Å². The van der Waals surface area contributed by atoms with Crippen LogP contribution in [0.5, 0.6) is 5.88 Å².